The van der Waals surface area contributed by atoms with Gasteiger partial charge in [0.25, 0.3) is 0 Å². The summed E-state index contributed by atoms with van der Waals surface area (Å²) in [4.78, 5) is 12.0. The summed E-state index contributed by atoms with van der Waals surface area (Å²) in [5, 5.41) is 18.7. The first-order valence-electron chi connectivity index (χ1n) is 13.7. The highest BCUT2D eigenvalue weighted by Crippen LogP contribution is 2.37. The second kappa shape index (κ2) is 10.5. The summed E-state index contributed by atoms with van der Waals surface area (Å²) in [6, 6.07) is 14.9. The maximum Gasteiger partial charge on any atom is 0.385 e. The number of carboxylic acids is 1. The number of benzene rings is 3. The number of nitrogens with zero attached hydrogens (tertiary/aromatic N) is 4. The molecular weight excluding hydrogens is 544 g/mol. The molecule has 214 valence electrons. The van der Waals surface area contributed by atoms with Gasteiger partial charge < -0.3 is 14.0 Å². The summed E-state index contributed by atoms with van der Waals surface area (Å²) in [6.45, 7) is 7.33. The van der Waals surface area contributed by atoms with Crippen LogP contribution >= 0.6 is 0 Å². The van der Waals surface area contributed by atoms with Crippen LogP contribution in [0.2, 0.25) is 0 Å². The van der Waals surface area contributed by atoms with Gasteiger partial charge in [0.15, 0.2) is 0 Å². The molecule has 0 saturated heterocycles. The van der Waals surface area contributed by atoms with Gasteiger partial charge in [0.05, 0.1) is 18.5 Å². The Kier molecular flexibility index (Phi) is 6.95. The zero-order valence-corrected chi connectivity index (χ0v) is 24.0. The van der Waals surface area contributed by atoms with E-state index in [0.29, 0.717) is 24.7 Å². The molecule has 2 unspecified atom stereocenters. The van der Waals surface area contributed by atoms with Crippen molar-refractivity contribution in [3.05, 3.63) is 81.9 Å². The van der Waals surface area contributed by atoms with Gasteiger partial charge in [0.1, 0.15) is 17.0 Å². The molecule has 0 spiro atoms. The molecule has 0 amide bonds. The minimum Gasteiger partial charge on any atom is -0.493 e. The van der Waals surface area contributed by atoms with Gasteiger partial charge in [0.2, 0.25) is 0 Å². The zero-order chi connectivity index (χ0) is 28.9. The summed E-state index contributed by atoms with van der Waals surface area (Å²) in [5.74, 6) is -0.217. The number of hydrogen-bond donors (Lipinski definition) is 1. The van der Waals surface area contributed by atoms with Gasteiger partial charge in [-0.25, -0.2) is 4.68 Å². The Labute approximate surface area is 238 Å². The van der Waals surface area contributed by atoms with Crippen LogP contribution in [0.4, 0.5) is 0 Å². The fraction of sp³-hybridized carbons (Fsp3) is 0.367. The Morgan fingerprint density at radius 3 is 2.68 bits per heavy atom. The summed E-state index contributed by atoms with van der Waals surface area (Å²) in [5.41, 5.74) is 6.55. The second-order valence-corrected chi connectivity index (χ2v) is 12.6. The van der Waals surface area contributed by atoms with Crippen molar-refractivity contribution in [3.8, 4) is 11.5 Å². The maximum absolute atomic E-state index is 13.1. The highest BCUT2D eigenvalue weighted by Gasteiger charge is 2.33. The normalized spacial score (nSPS) is 21.9. The van der Waals surface area contributed by atoms with Crippen molar-refractivity contribution in [2.45, 2.75) is 59.2 Å². The van der Waals surface area contributed by atoms with Crippen LogP contribution < -0.4 is 8.92 Å². The van der Waals surface area contributed by atoms with Gasteiger partial charge in [0, 0.05) is 31.1 Å². The van der Waals surface area contributed by atoms with Crippen molar-refractivity contribution in [1.82, 2.24) is 19.3 Å². The van der Waals surface area contributed by atoms with Gasteiger partial charge in [-0.1, -0.05) is 36.4 Å². The third-order valence-corrected chi connectivity index (χ3v) is 9.40. The van der Waals surface area contributed by atoms with E-state index in [9.17, 15) is 18.3 Å². The standard InChI is InChI=1S/C30H32N4O6S/c1-18-10-11-34-27-8-7-25(20(3)30(27)31-32-34)26(14-29(35)36)21-5-4-19(2)22(12-21)15-33-16-23-13-24(39-17-18)6-9-28(23)40-41(33,37)38/h4-9,12-13,18,26H,10-11,14-17H2,1-3H3,(H,35,36)/t18-,26?/m1/s1. The number of aryl methyl sites for hydroxylation is 3. The lowest BCUT2D eigenvalue weighted by Crippen LogP contribution is -2.37. The van der Waals surface area contributed by atoms with Crippen LogP contribution in [0.3, 0.4) is 0 Å². The summed E-state index contributed by atoms with van der Waals surface area (Å²) in [6.07, 6.45) is 0.689. The number of aromatic nitrogens is 3. The number of ether oxygens (including phenoxy) is 1. The first-order valence-corrected chi connectivity index (χ1v) is 15.0. The largest absolute Gasteiger partial charge is 0.493 e. The molecular formula is C30H32N4O6S. The zero-order valence-electron chi connectivity index (χ0n) is 23.2. The molecule has 11 heteroatoms. The lowest BCUT2D eigenvalue weighted by Gasteiger charge is -2.29. The number of aliphatic carboxylic acids is 1. The average Bonchev–Trinajstić information content (AvgIpc) is 3.34. The Morgan fingerprint density at radius 2 is 1.88 bits per heavy atom. The molecule has 0 aliphatic carbocycles. The molecule has 1 N–H and O–H groups in total. The smallest absolute Gasteiger partial charge is 0.385 e. The fourth-order valence-electron chi connectivity index (χ4n) is 5.66. The molecule has 4 heterocycles. The van der Waals surface area contributed by atoms with Gasteiger partial charge in [-0.05, 0) is 78.3 Å². The molecule has 3 aliphatic heterocycles. The molecule has 7 rings (SSSR count). The molecule has 0 radical (unpaired) electrons. The summed E-state index contributed by atoms with van der Waals surface area (Å²) in [7, 11) is -4.04. The van der Waals surface area contributed by atoms with Crippen LogP contribution in [-0.4, -0.2) is 45.4 Å². The van der Waals surface area contributed by atoms with Crippen LogP contribution in [0.1, 0.15) is 59.1 Å². The van der Waals surface area contributed by atoms with E-state index in [4.69, 9.17) is 8.92 Å². The molecule has 1 aromatic heterocycles. The van der Waals surface area contributed by atoms with Crippen LogP contribution in [0, 0.1) is 19.8 Å². The number of fused-ring (bicyclic) bond motifs is 5. The van der Waals surface area contributed by atoms with Crippen LogP contribution in [0.25, 0.3) is 11.0 Å². The third kappa shape index (κ3) is 5.27. The Balaban J connectivity index is 1.48. The van der Waals surface area contributed by atoms with Gasteiger partial charge >= 0.3 is 16.3 Å². The minimum atomic E-state index is -4.04. The molecule has 3 aliphatic rings. The number of carboxylic acid groups (broad SMARTS) is 1. The van der Waals surface area contributed by atoms with Crippen molar-refractivity contribution in [1.29, 1.82) is 0 Å². The van der Waals surface area contributed by atoms with Crippen LogP contribution in [0.15, 0.2) is 48.5 Å². The molecule has 0 saturated carbocycles. The van der Waals surface area contributed by atoms with Gasteiger partial charge in [-0.2, -0.15) is 12.7 Å². The van der Waals surface area contributed by atoms with E-state index in [2.05, 4.69) is 17.2 Å². The minimum absolute atomic E-state index is 0.0791. The Bertz CT molecular complexity index is 1770. The van der Waals surface area contributed by atoms with Crippen LogP contribution in [0.5, 0.6) is 11.5 Å². The van der Waals surface area contributed by atoms with Crippen molar-refractivity contribution in [2.75, 3.05) is 6.61 Å². The first-order chi connectivity index (χ1) is 19.6. The lowest BCUT2D eigenvalue weighted by atomic mass is 9.84. The maximum atomic E-state index is 13.1. The Hall–Kier alpha value is -3.96. The van der Waals surface area contributed by atoms with E-state index in [1.165, 1.54) is 4.31 Å². The predicted octanol–water partition coefficient (Wildman–Crippen LogP) is 4.71. The predicted molar refractivity (Wildman–Crippen MR) is 152 cm³/mol. The second-order valence-electron chi connectivity index (χ2n) is 11.1. The summed E-state index contributed by atoms with van der Waals surface area (Å²) >= 11 is 0. The van der Waals surface area contributed by atoms with Crippen molar-refractivity contribution in [3.63, 3.8) is 0 Å². The SMILES string of the molecule is Cc1ccc2cc1CN1Cc3cc(ccc3OS1(=O)=O)OC[C@H](C)CCn1nnc3c(C)c(ccc31)C2CC(=O)O. The third-order valence-electron chi connectivity index (χ3n) is 8.12. The number of hydrogen-bond acceptors (Lipinski definition) is 7. The van der Waals surface area contributed by atoms with Crippen molar-refractivity contribution in [2.24, 2.45) is 5.92 Å². The molecule has 3 aromatic carbocycles. The molecule has 10 nitrogen and oxygen atoms in total. The van der Waals surface area contributed by atoms with E-state index in [0.717, 1.165) is 50.8 Å². The first kappa shape index (κ1) is 27.2. The number of rotatable bonds is 2. The monoisotopic (exact) mass is 576 g/mol. The fourth-order valence-corrected chi connectivity index (χ4v) is 6.75. The van der Waals surface area contributed by atoms with Crippen molar-refractivity contribution >= 4 is 27.3 Å². The lowest BCUT2D eigenvalue weighted by molar-refractivity contribution is -0.137. The van der Waals surface area contributed by atoms with E-state index in [1.807, 2.05) is 54.9 Å². The van der Waals surface area contributed by atoms with Gasteiger partial charge in [-0.3, -0.25) is 4.79 Å². The quantitative estimate of drug-likeness (QED) is 0.364. The summed E-state index contributed by atoms with van der Waals surface area (Å²) < 4.78 is 41.0. The average molecular weight is 577 g/mol. The highest BCUT2D eigenvalue weighted by atomic mass is 32.2. The van der Waals surface area contributed by atoms with E-state index in [-0.39, 0.29) is 25.4 Å². The molecule has 9 bridgehead atoms. The highest BCUT2D eigenvalue weighted by molar-refractivity contribution is 7.84. The van der Waals surface area contributed by atoms with E-state index >= 15 is 0 Å². The topological polar surface area (TPSA) is 124 Å². The molecule has 0 fully saturated rings. The molecule has 3 atom stereocenters. The Morgan fingerprint density at radius 1 is 1.07 bits per heavy atom. The van der Waals surface area contributed by atoms with E-state index < -0.39 is 22.2 Å². The number of carbonyl (C=O) groups is 1. The molecule has 4 aromatic rings. The van der Waals surface area contributed by atoms with E-state index in [1.54, 1.807) is 12.1 Å². The van der Waals surface area contributed by atoms with Crippen LogP contribution in [-0.2, 0) is 34.7 Å². The molecule has 41 heavy (non-hydrogen) atoms. The van der Waals surface area contributed by atoms with Gasteiger partial charge in [-0.15, -0.1) is 5.10 Å². The van der Waals surface area contributed by atoms with Crippen molar-refractivity contribution < 1.29 is 27.2 Å².